The summed E-state index contributed by atoms with van der Waals surface area (Å²) in [6, 6.07) is 4.15. The lowest BCUT2D eigenvalue weighted by atomic mass is 10.00. The third-order valence-corrected chi connectivity index (χ3v) is 3.20. The Bertz CT molecular complexity index is 353. The molecule has 0 aromatic heterocycles. The van der Waals surface area contributed by atoms with E-state index in [-0.39, 0.29) is 0 Å². The summed E-state index contributed by atoms with van der Waals surface area (Å²) in [6.07, 6.45) is 0.747. The van der Waals surface area contributed by atoms with Crippen LogP contribution in [0.3, 0.4) is 0 Å². The van der Waals surface area contributed by atoms with Crippen LogP contribution in [-0.2, 0) is 11.3 Å². The van der Waals surface area contributed by atoms with Crippen molar-refractivity contribution < 1.29 is 9.57 Å². The minimum absolute atomic E-state index is 0.461. The summed E-state index contributed by atoms with van der Waals surface area (Å²) < 4.78 is 6.48. The van der Waals surface area contributed by atoms with Crippen molar-refractivity contribution in [1.82, 2.24) is 0 Å². The molecular formula is C12H18BrNO2. The van der Waals surface area contributed by atoms with Crippen LogP contribution in [-0.4, -0.2) is 13.7 Å². The predicted octanol–water partition coefficient (Wildman–Crippen LogP) is 3.01. The van der Waals surface area contributed by atoms with Crippen LogP contribution in [0.25, 0.3) is 0 Å². The molecule has 0 heterocycles. The van der Waals surface area contributed by atoms with E-state index in [1.807, 2.05) is 0 Å². The highest BCUT2D eigenvalue weighted by molar-refractivity contribution is 9.10. The Morgan fingerprint density at radius 3 is 2.56 bits per heavy atom. The van der Waals surface area contributed by atoms with Crippen molar-refractivity contribution >= 4 is 15.9 Å². The zero-order valence-corrected chi connectivity index (χ0v) is 11.5. The van der Waals surface area contributed by atoms with Gasteiger partial charge >= 0.3 is 0 Å². The summed E-state index contributed by atoms with van der Waals surface area (Å²) in [7, 11) is 1.68. The number of benzene rings is 1. The monoisotopic (exact) mass is 287 g/mol. The minimum atomic E-state index is 0.461. The van der Waals surface area contributed by atoms with E-state index in [1.54, 1.807) is 7.11 Å². The first kappa shape index (κ1) is 13.5. The Morgan fingerprint density at radius 2 is 2.06 bits per heavy atom. The molecule has 0 saturated heterocycles. The molecule has 0 bridgehead atoms. The van der Waals surface area contributed by atoms with Gasteiger partial charge in [0.05, 0.1) is 13.7 Å². The summed E-state index contributed by atoms with van der Waals surface area (Å²) in [5, 5.41) is 0. The summed E-state index contributed by atoms with van der Waals surface area (Å²) in [4.78, 5) is 4.59. The fourth-order valence-electron chi connectivity index (χ4n) is 1.61. The molecule has 0 radical (unpaired) electrons. The molecule has 0 atom stereocenters. The lowest BCUT2D eigenvalue weighted by Crippen LogP contribution is -2.05. The third kappa shape index (κ3) is 3.20. The van der Waals surface area contributed by atoms with E-state index < -0.39 is 0 Å². The molecule has 1 aromatic carbocycles. The van der Waals surface area contributed by atoms with Gasteiger partial charge in [0, 0.05) is 10.9 Å². The first-order valence-corrected chi connectivity index (χ1v) is 6.07. The molecule has 3 nitrogen and oxygen atoms in total. The molecule has 16 heavy (non-hydrogen) atoms. The molecule has 90 valence electrons. The third-order valence-electron chi connectivity index (χ3n) is 2.51. The van der Waals surface area contributed by atoms with Crippen LogP contribution >= 0.6 is 15.9 Å². The van der Waals surface area contributed by atoms with E-state index in [0.717, 1.165) is 22.2 Å². The van der Waals surface area contributed by atoms with Crippen LogP contribution in [0.5, 0.6) is 5.75 Å². The maximum absolute atomic E-state index is 5.37. The maximum Gasteiger partial charge on any atom is 0.122 e. The van der Waals surface area contributed by atoms with E-state index >= 15 is 0 Å². The molecule has 0 aliphatic heterocycles. The Labute approximate surface area is 105 Å². The standard InChI is InChI=1S/C12H18BrNO2/c1-8(2)10-7-12(15-3)9(4-5-16-14)6-11(10)13/h6-8H,4-5,14H2,1-3H3. The molecule has 0 aliphatic rings. The summed E-state index contributed by atoms with van der Waals surface area (Å²) in [5.74, 6) is 6.39. The van der Waals surface area contributed by atoms with Crippen LogP contribution in [0.2, 0.25) is 0 Å². The highest BCUT2D eigenvalue weighted by Gasteiger charge is 2.11. The Kier molecular flexibility index (Phi) is 5.25. The normalized spacial score (nSPS) is 10.9. The fourth-order valence-corrected chi connectivity index (χ4v) is 2.46. The Balaban J connectivity index is 3.05. The highest BCUT2D eigenvalue weighted by atomic mass is 79.9. The molecule has 0 unspecified atom stereocenters. The molecule has 4 heteroatoms. The molecule has 0 amide bonds. The van der Waals surface area contributed by atoms with Gasteiger partial charge in [-0.05, 0) is 29.2 Å². The van der Waals surface area contributed by atoms with E-state index in [0.29, 0.717) is 12.5 Å². The van der Waals surface area contributed by atoms with Crippen molar-refractivity contribution in [2.24, 2.45) is 5.90 Å². The summed E-state index contributed by atoms with van der Waals surface area (Å²) >= 11 is 3.58. The average molecular weight is 288 g/mol. The van der Waals surface area contributed by atoms with Gasteiger partial charge in [-0.15, -0.1) is 0 Å². The van der Waals surface area contributed by atoms with Crippen molar-refractivity contribution in [3.8, 4) is 5.75 Å². The minimum Gasteiger partial charge on any atom is -0.496 e. The van der Waals surface area contributed by atoms with Gasteiger partial charge in [0.25, 0.3) is 0 Å². The second-order valence-corrected chi connectivity index (χ2v) is 4.82. The number of nitrogens with two attached hydrogens (primary N) is 1. The van der Waals surface area contributed by atoms with Crippen molar-refractivity contribution in [3.05, 3.63) is 27.7 Å². The smallest absolute Gasteiger partial charge is 0.122 e. The van der Waals surface area contributed by atoms with Gasteiger partial charge in [-0.25, -0.2) is 5.90 Å². The maximum atomic E-state index is 5.37. The second kappa shape index (κ2) is 6.23. The lowest BCUT2D eigenvalue weighted by molar-refractivity contribution is 0.140. The van der Waals surface area contributed by atoms with Gasteiger partial charge in [0.2, 0.25) is 0 Å². The first-order chi connectivity index (χ1) is 7.60. The number of ether oxygens (including phenoxy) is 1. The molecule has 0 saturated carbocycles. The van der Waals surface area contributed by atoms with Crippen molar-refractivity contribution in [1.29, 1.82) is 0 Å². The van der Waals surface area contributed by atoms with Crippen LogP contribution in [0.4, 0.5) is 0 Å². The molecule has 1 aromatic rings. The number of halogens is 1. The number of hydrogen-bond acceptors (Lipinski definition) is 3. The fraction of sp³-hybridized carbons (Fsp3) is 0.500. The summed E-state index contributed by atoms with van der Waals surface area (Å²) in [5.41, 5.74) is 2.35. The zero-order chi connectivity index (χ0) is 12.1. The molecular weight excluding hydrogens is 270 g/mol. The summed E-state index contributed by atoms with van der Waals surface area (Å²) in [6.45, 7) is 4.80. The van der Waals surface area contributed by atoms with E-state index in [2.05, 4.69) is 46.7 Å². The molecule has 2 N–H and O–H groups in total. The van der Waals surface area contributed by atoms with E-state index in [1.165, 1.54) is 5.56 Å². The second-order valence-electron chi connectivity index (χ2n) is 3.96. The average Bonchev–Trinajstić information content (AvgIpc) is 2.25. The van der Waals surface area contributed by atoms with E-state index in [9.17, 15) is 0 Å². The first-order valence-electron chi connectivity index (χ1n) is 5.28. The number of methoxy groups -OCH3 is 1. The zero-order valence-electron chi connectivity index (χ0n) is 9.92. The van der Waals surface area contributed by atoms with Crippen molar-refractivity contribution in [2.45, 2.75) is 26.2 Å². The Hall–Kier alpha value is -0.580. The van der Waals surface area contributed by atoms with E-state index in [4.69, 9.17) is 10.6 Å². The quantitative estimate of drug-likeness (QED) is 0.847. The molecule has 0 spiro atoms. The molecule has 0 fully saturated rings. The van der Waals surface area contributed by atoms with Gasteiger partial charge in [-0.1, -0.05) is 29.8 Å². The predicted molar refractivity (Wildman–Crippen MR) is 68.6 cm³/mol. The van der Waals surface area contributed by atoms with Crippen LogP contribution in [0.1, 0.15) is 30.9 Å². The SMILES string of the molecule is COc1cc(C(C)C)c(Br)cc1CCON. The number of rotatable bonds is 5. The lowest BCUT2D eigenvalue weighted by Gasteiger charge is -2.14. The highest BCUT2D eigenvalue weighted by Crippen LogP contribution is 2.32. The van der Waals surface area contributed by atoms with Gasteiger partial charge in [0.15, 0.2) is 0 Å². The van der Waals surface area contributed by atoms with Gasteiger partial charge < -0.3 is 9.57 Å². The Morgan fingerprint density at radius 1 is 1.38 bits per heavy atom. The largest absolute Gasteiger partial charge is 0.496 e. The van der Waals surface area contributed by atoms with Gasteiger partial charge in [-0.2, -0.15) is 0 Å². The number of hydrogen-bond donors (Lipinski definition) is 1. The molecule has 1 rings (SSSR count). The van der Waals surface area contributed by atoms with Crippen molar-refractivity contribution in [3.63, 3.8) is 0 Å². The van der Waals surface area contributed by atoms with Gasteiger partial charge in [0.1, 0.15) is 5.75 Å². The van der Waals surface area contributed by atoms with Crippen molar-refractivity contribution in [2.75, 3.05) is 13.7 Å². The van der Waals surface area contributed by atoms with Gasteiger partial charge in [-0.3, -0.25) is 0 Å². The van der Waals surface area contributed by atoms with Crippen LogP contribution in [0, 0.1) is 0 Å². The van der Waals surface area contributed by atoms with Crippen LogP contribution < -0.4 is 10.6 Å². The van der Waals surface area contributed by atoms with Crippen LogP contribution in [0.15, 0.2) is 16.6 Å². The molecule has 0 aliphatic carbocycles. The topological polar surface area (TPSA) is 44.5 Å².